The lowest BCUT2D eigenvalue weighted by atomic mass is 10.2. The molecule has 1 saturated heterocycles. The van der Waals surface area contributed by atoms with Crippen molar-refractivity contribution in [1.29, 1.82) is 0 Å². The molecule has 0 saturated carbocycles. The number of fused-ring (bicyclic) bond motifs is 1. The molecule has 0 spiro atoms. The van der Waals surface area contributed by atoms with Crippen LogP contribution in [0.15, 0.2) is 55.2 Å². The van der Waals surface area contributed by atoms with Gasteiger partial charge in [0.2, 0.25) is 0 Å². The van der Waals surface area contributed by atoms with E-state index in [1.165, 1.54) is 12.4 Å². The smallest absolute Gasteiger partial charge is 0.319 e. The van der Waals surface area contributed by atoms with Crippen molar-refractivity contribution in [3.05, 3.63) is 61.1 Å². The van der Waals surface area contributed by atoms with E-state index in [2.05, 4.69) is 29.9 Å². The van der Waals surface area contributed by atoms with Gasteiger partial charge in [0.05, 0.1) is 23.8 Å². The second-order valence-corrected chi connectivity index (χ2v) is 7.12. The number of imidazole rings is 1. The van der Waals surface area contributed by atoms with Gasteiger partial charge in [-0.2, -0.15) is 13.9 Å². The molecule has 0 amide bonds. The lowest BCUT2D eigenvalue weighted by molar-refractivity contribution is 0.0637. The van der Waals surface area contributed by atoms with Crippen molar-refractivity contribution in [3.8, 4) is 5.69 Å². The van der Waals surface area contributed by atoms with Crippen molar-refractivity contribution in [1.82, 2.24) is 34.2 Å². The molecule has 1 aliphatic heterocycles. The van der Waals surface area contributed by atoms with E-state index in [0.29, 0.717) is 12.4 Å². The highest BCUT2D eigenvalue weighted by atomic mass is 19.3. The van der Waals surface area contributed by atoms with Gasteiger partial charge in [-0.15, -0.1) is 0 Å². The normalized spacial score (nSPS) is 15.4. The van der Waals surface area contributed by atoms with Crippen LogP contribution in [0.3, 0.4) is 0 Å². The van der Waals surface area contributed by atoms with Crippen molar-refractivity contribution in [3.63, 3.8) is 0 Å². The zero-order chi connectivity index (χ0) is 20.5. The van der Waals surface area contributed by atoms with Gasteiger partial charge in [0.15, 0.2) is 5.65 Å². The zero-order valence-electron chi connectivity index (χ0n) is 16.1. The first kappa shape index (κ1) is 18.6. The number of aromatic nitrogens is 6. The summed E-state index contributed by atoms with van der Waals surface area (Å²) in [7, 11) is 0. The zero-order valence-corrected chi connectivity index (χ0v) is 16.1. The molecule has 1 aromatic carbocycles. The third kappa shape index (κ3) is 3.39. The number of piperazine rings is 1. The minimum Gasteiger partial charge on any atom is -0.353 e. The molecule has 4 heterocycles. The summed E-state index contributed by atoms with van der Waals surface area (Å²) >= 11 is 0. The summed E-state index contributed by atoms with van der Waals surface area (Å²) in [6.07, 6.45) is 6.09. The average molecular weight is 410 g/mol. The highest BCUT2D eigenvalue weighted by Gasteiger charge is 2.23. The van der Waals surface area contributed by atoms with Gasteiger partial charge in [0.1, 0.15) is 18.0 Å². The van der Waals surface area contributed by atoms with E-state index in [-0.39, 0.29) is 0 Å². The highest BCUT2D eigenvalue weighted by molar-refractivity contribution is 5.87. The van der Waals surface area contributed by atoms with Gasteiger partial charge in [0.25, 0.3) is 0 Å². The van der Waals surface area contributed by atoms with Gasteiger partial charge in [-0.25, -0.2) is 19.6 Å². The number of hydrogen-bond donors (Lipinski definition) is 0. The summed E-state index contributed by atoms with van der Waals surface area (Å²) in [6, 6.07) is 9.85. The lowest BCUT2D eigenvalue weighted by Crippen LogP contribution is -2.46. The molecule has 10 heteroatoms. The van der Waals surface area contributed by atoms with Crippen LogP contribution in [0.1, 0.15) is 12.4 Å². The van der Waals surface area contributed by atoms with Crippen LogP contribution in [-0.2, 0) is 6.54 Å². The first-order valence-corrected chi connectivity index (χ1v) is 9.72. The van der Waals surface area contributed by atoms with Crippen LogP contribution < -0.4 is 4.90 Å². The monoisotopic (exact) mass is 410 g/mol. The number of benzene rings is 1. The lowest BCUT2D eigenvalue weighted by Gasteiger charge is -2.35. The molecule has 154 valence electrons. The number of para-hydroxylation sites is 1. The molecule has 0 radical (unpaired) electrons. The van der Waals surface area contributed by atoms with Crippen LogP contribution >= 0.6 is 0 Å². The van der Waals surface area contributed by atoms with Crippen molar-refractivity contribution < 1.29 is 8.78 Å². The number of nitrogens with zero attached hydrogens (tertiary/aromatic N) is 8. The van der Waals surface area contributed by atoms with E-state index in [9.17, 15) is 8.78 Å². The maximum Gasteiger partial charge on any atom is 0.319 e. The van der Waals surface area contributed by atoms with Gasteiger partial charge >= 0.3 is 6.55 Å². The van der Waals surface area contributed by atoms with E-state index in [1.807, 2.05) is 30.3 Å². The quantitative estimate of drug-likeness (QED) is 0.504. The molecule has 3 aromatic heterocycles. The Kier molecular flexibility index (Phi) is 4.83. The molecule has 0 aliphatic carbocycles. The molecule has 8 nitrogen and oxygen atoms in total. The third-order valence-corrected chi connectivity index (χ3v) is 5.34. The molecule has 0 N–H and O–H groups in total. The SMILES string of the molecule is FC(F)n1ccnc1CN1CCN(c2ncnc3c2cnn3-c2ccccc2)CC1. The predicted octanol–water partition coefficient (Wildman–Crippen LogP) is 2.73. The minimum absolute atomic E-state index is 0.381. The molecule has 30 heavy (non-hydrogen) atoms. The first-order valence-electron chi connectivity index (χ1n) is 9.72. The van der Waals surface area contributed by atoms with Crippen LogP contribution in [0.5, 0.6) is 0 Å². The molecule has 0 unspecified atom stereocenters. The van der Waals surface area contributed by atoms with E-state index >= 15 is 0 Å². The maximum absolute atomic E-state index is 13.0. The first-order chi connectivity index (χ1) is 14.7. The van der Waals surface area contributed by atoms with Crippen LogP contribution in [0.2, 0.25) is 0 Å². The van der Waals surface area contributed by atoms with Gasteiger partial charge < -0.3 is 4.90 Å². The summed E-state index contributed by atoms with van der Waals surface area (Å²) < 4.78 is 28.8. The van der Waals surface area contributed by atoms with E-state index < -0.39 is 6.55 Å². The van der Waals surface area contributed by atoms with Crippen molar-refractivity contribution in [2.24, 2.45) is 0 Å². The predicted molar refractivity (Wildman–Crippen MR) is 108 cm³/mol. The van der Waals surface area contributed by atoms with Gasteiger partial charge in [-0.1, -0.05) is 18.2 Å². The number of anilines is 1. The third-order valence-electron chi connectivity index (χ3n) is 5.34. The molecular weight excluding hydrogens is 390 g/mol. The van der Waals surface area contributed by atoms with E-state index in [4.69, 9.17) is 0 Å². The van der Waals surface area contributed by atoms with Crippen molar-refractivity contribution >= 4 is 16.9 Å². The van der Waals surface area contributed by atoms with Gasteiger partial charge in [-0.05, 0) is 12.1 Å². The van der Waals surface area contributed by atoms with E-state index in [1.54, 1.807) is 17.2 Å². The Morgan fingerprint density at radius 1 is 0.967 bits per heavy atom. The van der Waals surface area contributed by atoms with Crippen LogP contribution in [0, 0.1) is 0 Å². The second kappa shape index (κ2) is 7.79. The number of hydrogen-bond acceptors (Lipinski definition) is 6. The minimum atomic E-state index is -2.57. The number of halogens is 2. The Morgan fingerprint density at radius 3 is 2.53 bits per heavy atom. The fraction of sp³-hybridized carbons (Fsp3) is 0.300. The van der Waals surface area contributed by atoms with Crippen LogP contribution in [-0.4, -0.2) is 60.4 Å². The number of alkyl halides is 2. The Labute approximate surface area is 171 Å². The standard InChI is InChI=1S/C20H20F2N8/c21-20(22)29-7-6-23-17(29)13-27-8-10-28(11-9-27)18-16-12-26-30(19(16)25-14-24-18)15-4-2-1-3-5-15/h1-7,12,14,20H,8-11,13H2. The van der Waals surface area contributed by atoms with Crippen LogP contribution in [0.4, 0.5) is 14.6 Å². The molecular formula is C20H20F2N8. The second-order valence-electron chi connectivity index (χ2n) is 7.12. The molecule has 1 aliphatic rings. The largest absolute Gasteiger partial charge is 0.353 e. The maximum atomic E-state index is 13.0. The summed E-state index contributed by atoms with van der Waals surface area (Å²) in [5.74, 6) is 1.22. The summed E-state index contributed by atoms with van der Waals surface area (Å²) in [4.78, 5) is 17.3. The Balaban J connectivity index is 1.33. The molecule has 5 rings (SSSR count). The topological polar surface area (TPSA) is 67.9 Å². The van der Waals surface area contributed by atoms with Crippen molar-refractivity contribution in [2.45, 2.75) is 13.1 Å². The molecule has 0 atom stereocenters. The van der Waals surface area contributed by atoms with Gasteiger partial charge in [0, 0.05) is 38.6 Å². The average Bonchev–Trinajstić information content (AvgIpc) is 3.42. The molecule has 4 aromatic rings. The summed E-state index contributed by atoms with van der Waals surface area (Å²) in [5.41, 5.74) is 1.70. The Hall–Kier alpha value is -3.40. The summed E-state index contributed by atoms with van der Waals surface area (Å²) in [6.45, 7) is 0.758. The van der Waals surface area contributed by atoms with Crippen molar-refractivity contribution in [2.75, 3.05) is 31.1 Å². The number of rotatable bonds is 5. The fourth-order valence-electron chi connectivity index (χ4n) is 3.80. The molecule has 0 bridgehead atoms. The Morgan fingerprint density at radius 2 is 1.77 bits per heavy atom. The van der Waals surface area contributed by atoms with Gasteiger partial charge in [-0.3, -0.25) is 9.47 Å². The fourth-order valence-corrected chi connectivity index (χ4v) is 3.80. The highest BCUT2D eigenvalue weighted by Crippen LogP contribution is 2.25. The Bertz CT molecular complexity index is 1130. The molecule has 1 fully saturated rings. The van der Waals surface area contributed by atoms with E-state index in [0.717, 1.165) is 53.3 Å². The van der Waals surface area contributed by atoms with Crippen LogP contribution in [0.25, 0.3) is 16.7 Å². The summed E-state index contributed by atoms with van der Waals surface area (Å²) in [5, 5.41) is 5.40.